The van der Waals surface area contributed by atoms with Gasteiger partial charge in [-0.15, -0.1) is 0 Å². The molecule has 0 rings (SSSR count). The lowest BCUT2D eigenvalue weighted by atomic mass is 10.3. The van der Waals surface area contributed by atoms with E-state index in [1.54, 1.807) is 13.1 Å². The third-order valence-corrected chi connectivity index (χ3v) is 0.709. The largest absolute Gasteiger partial charge is 0.310 e. The van der Waals surface area contributed by atoms with Gasteiger partial charge in [-0.05, 0) is 13.8 Å². The van der Waals surface area contributed by atoms with Crippen LogP contribution >= 0.6 is 0 Å². The van der Waals surface area contributed by atoms with Gasteiger partial charge in [-0.1, -0.05) is 0 Å². The molecule has 0 saturated carbocycles. The van der Waals surface area contributed by atoms with Gasteiger partial charge in [-0.25, -0.2) is 0 Å². The first-order valence-electron chi connectivity index (χ1n) is 2.79. The molecule has 0 amide bonds. The van der Waals surface area contributed by atoms with Gasteiger partial charge >= 0.3 is 0 Å². The molecule has 2 heteroatoms. The predicted molar refractivity (Wildman–Crippen MR) is 37.1 cm³/mol. The van der Waals surface area contributed by atoms with Crippen LogP contribution < -0.4 is 0 Å². The number of nitrogens with zero attached hydrogens (tertiary/aromatic N) is 1. The maximum absolute atomic E-state index is 6.98. The number of aliphatic imine (C=N–C) groups is 1. The maximum Gasteiger partial charge on any atom is 0.0357 e. The Hall–Kier alpha value is -0.660. The molecule has 0 heterocycles. The van der Waals surface area contributed by atoms with Crippen LogP contribution in [0.5, 0.6) is 0 Å². The van der Waals surface area contributed by atoms with E-state index in [9.17, 15) is 0 Å². The van der Waals surface area contributed by atoms with E-state index in [1.165, 1.54) is 0 Å². The smallest absolute Gasteiger partial charge is 0.0357 e. The molecular weight excluding hydrogens is 100 g/mol. The molecule has 0 aliphatic rings. The second-order valence-corrected chi connectivity index (χ2v) is 1.67. The molecule has 0 aliphatic carbocycles. The molecule has 0 radical (unpaired) electrons. The van der Waals surface area contributed by atoms with E-state index in [0.29, 0.717) is 12.1 Å². The fourth-order valence-corrected chi connectivity index (χ4v) is 0.331. The highest BCUT2D eigenvalue weighted by atomic mass is 14.7. The fourth-order valence-electron chi connectivity index (χ4n) is 0.331. The summed E-state index contributed by atoms with van der Waals surface area (Å²) in [6.07, 6.45) is 2.48. The van der Waals surface area contributed by atoms with Crippen molar-refractivity contribution in [2.45, 2.75) is 20.3 Å². The van der Waals surface area contributed by atoms with Crippen LogP contribution in [0.15, 0.2) is 4.99 Å². The number of hydrogen-bond acceptors (Lipinski definition) is 2. The van der Waals surface area contributed by atoms with Crippen LogP contribution in [0.2, 0.25) is 0 Å². The Kier molecular flexibility index (Phi) is 4.13. The third kappa shape index (κ3) is 5.34. The summed E-state index contributed by atoms with van der Waals surface area (Å²) in [5.74, 6) is 0. The number of hydrogen-bond donors (Lipinski definition) is 1. The molecule has 0 bridgehead atoms. The zero-order valence-corrected chi connectivity index (χ0v) is 5.44. The molecule has 2 nitrogen and oxygen atoms in total. The van der Waals surface area contributed by atoms with E-state index in [4.69, 9.17) is 5.41 Å². The van der Waals surface area contributed by atoms with Gasteiger partial charge in [0.15, 0.2) is 0 Å². The molecule has 0 aromatic heterocycles. The molecule has 0 aromatic carbocycles. The van der Waals surface area contributed by atoms with Crippen LogP contribution in [-0.4, -0.2) is 18.5 Å². The van der Waals surface area contributed by atoms with Crippen molar-refractivity contribution in [2.24, 2.45) is 4.99 Å². The van der Waals surface area contributed by atoms with Gasteiger partial charge in [0.25, 0.3) is 0 Å². The number of rotatable bonds is 3. The Morgan fingerprint density at radius 3 is 2.75 bits per heavy atom. The molecular formula is C6H12N2. The van der Waals surface area contributed by atoms with Crippen molar-refractivity contribution >= 4 is 11.9 Å². The molecule has 0 unspecified atom stereocenters. The van der Waals surface area contributed by atoms with E-state index in [0.717, 1.165) is 6.54 Å². The van der Waals surface area contributed by atoms with Crippen LogP contribution in [0.1, 0.15) is 20.3 Å². The maximum atomic E-state index is 6.98. The van der Waals surface area contributed by atoms with Crippen molar-refractivity contribution in [1.29, 1.82) is 5.41 Å². The first-order chi connectivity index (χ1) is 3.77. The monoisotopic (exact) mass is 112 g/mol. The second kappa shape index (κ2) is 4.50. The summed E-state index contributed by atoms with van der Waals surface area (Å²) >= 11 is 0. The van der Waals surface area contributed by atoms with E-state index in [-0.39, 0.29) is 0 Å². The standard InChI is InChI=1S/C6H12N2/c1-3-8-5-4-6(2)7/h5,7H,3-4H2,1-2H3. The van der Waals surface area contributed by atoms with E-state index in [1.807, 2.05) is 6.92 Å². The van der Waals surface area contributed by atoms with Crippen LogP contribution in [0.25, 0.3) is 0 Å². The summed E-state index contributed by atoms with van der Waals surface area (Å²) in [5, 5.41) is 6.98. The summed E-state index contributed by atoms with van der Waals surface area (Å²) in [5.41, 5.74) is 0.669. The van der Waals surface area contributed by atoms with Gasteiger partial charge < -0.3 is 5.41 Å². The molecule has 0 aromatic rings. The van der Waals surface area contributed by atoms with Crippen LogP contribution in [0.3, 0.4) is 0 Å². The Labute approximate surface area is 50.1 Å². The SMILES string of the molecule is CCN=CCC(C)=N. The van der Waals surface area contributed by atoms with Gasteiger partial charge in [0, 0.05) is 24.9 Å². The Morgan fingerprint density at radius 1 is 1.75 bits per heavy atom. The van der Waals surface area contributed by atoms with Crippen molar-refractivity contribution < 1.29 is 0 Å². The zero-order valence-electron chi connectivity index (χ0n) is 5.44. The third-order valence-electron chi connectivity index (χ3n) is 0.709. The van der Waals surface area contributed by atoms with Gasteiger partial charge in [0.05, 0.1) is 0 Å². The summed E-state index contributed by atoms with van der Waals surface area (Å²) in [4.78, 5) is 3.95. The highest BCUT2D eigenvalue weighted by molar-refractivity contribution is 5.91. The van der Waals surface area contributed by atoms with Crippen molar-refractivity contribution in [3.05, 3.63) is 0 Å². The van der Waals surface area contributed by atoms with Gasteiger partial charge in [-0.2, -0.15) is 0 Å². The lowest BCUT2D eigenvalue weighted by molar-refractivity contribution is 1.13. The average molecular weight is 112 g/mol. The van der Waals surface area contributed by atoms with Gasteiger partial charge in [0.1, 0.15) is 0 Å². The average Bonchev–Trinajstić information content (AvgIpc) is 1.66. The van der Waals surface area contributed by atoms with Gasteiger partial charge in [0.2, 0.25) is 0 Å². The molecule has 1 N–H and O–H groups in total. The first-order valence-corrected chi connectivity index (χ1v) is 2.79. The Bertz CT molecular complexity index is 94.7. The van der Waals surface area contributed by atoms with Gasteiger partial charge in [-0.3, -0.25) is 4.99 Å². The van der Waals surface area contributed by atoms with Crippen molar-refractivity contribution in [2.75, 3.05) is 6.54 Å². The quantitative estimate of drug-likeness (QED) is 0.537. The Balaban J connectivity index is 3.16. The van der Waals surface area contributed by atoms with E-state index >= 15 is 0 Å². The summed E-state index contributed by atoms with van der Waals surface area (Å²) in [7, 11) is 0. The van der Waals surface area contributed by atoms with Crippen LogP contribution in [-0.2, 0) is 0 Å². The van der Waals surface area contributed by atoms with Crippen LogP contribution in [0, 0.1) is 5.41 Å². The van der Waals surface area contributed by atoms with Crippen LogP contribution in [0.4, 0.5) is 0 Å². The molecule has 0 spiro atoms. The minimum atomic E-state index is 0.669. The topological polar surface area (TPSA) is 36.2 Å². The lowest BCUT2D eigenvalue weighted by Gasteiger charge is -1.84. The number of nitrogens with one attached hydrogen (secondary N) is 1. The lowest BCUT2D eigenvalue weighted by Crippen LogP contribution is -1.88. The van der Waals surface area contributed by atoms with E-state index in [2.05, 4.69) is 4.99 Å². The van der Waals surface area contributed by atoms with E-state index < -0.39 is 0 Å². The summed E-state index contributed by atoms with van der Waals surface area (Å²) in [6.45, 7) is 4.59. The van der Waals surface area contributed by atoms with Crippen molar-refractivity contribution in [3.8, 4) is 0 Å². The normalized spacial score (nSPS) is 10.2. The van der Waals surface area contributed by atoms with Crippen molar-refractivity contribution in [1.82, 2.24) is 0 Å². The highest BCUT2D eigenvalue weighted by Gasteiger charge is 1.78. The molecule has 0 aliphatic heterocycles. The first kappa shape index (κ1) is 7.34. The fraction of sp³-hybridized carbons (Fsp3) is 0.667. The summed E-state index contributed by atoms with van der Waals surface area (Å²) in [6, 6.07) is 0. The molecule has 0 saturated heterocycles. The molecule has 46 valence electrons. The molecule has 0 atom stereocenters. The molecule has 8 heavy (non-hydrogen) atoms. The van der Waals surface area contributed by atoms with Crippen molar-refractivity contribution in [3.63, 3.8) is 0 Å². The zero-order chi connectivity index (χ0) is 6.41. The minimum absolute atomic E-state index is 0.669. The predicted octanol–water partition coefficient (Wildman–Crippen LogP) is 1.51. The minimum Gasteiger partial charge on any atom is -0.310 e. The Morgan fingerprint density at radius 2 is 2.38 bits per heavy atom. The molecule has 0 fully saturated rings. The second-order valence-electron chi connectivity index (χ2n) is 1.67. The summed E-state index contributed by atoms with van der Waals surface area (Å²) < 4.78 is 0. The highest BCUT2D eigenvalue weighted by Crippen LogP contribution is 1.76.